The predicted octanol–water partition coefficient (Wildman–Crippen LogP) is 1.61. The van der Waals surface area contributed by atoms with Crippen LogP contribution < -0.4 is 4.90 Å². The lowest BCUT2D eigenvalue weighted by molar-refractivity contribution is -0.140. The third kappa shape index (κ3) is 4.50. The second-order valence-electron chi connectivity index (χ2n) is 7.07. The van der Waals surface area contributed by atoms with Gasteiger partial charge in [-0.3, -0.25) is 9.78 Å². The topological polar surface area (TPSA) is 65.9 Å². The quantitative estimate of drug-likeness (QED) is 0.876. The summed E-state index contributed by atoms with van der Waals surface area (Å²) in [4.78, 5) is 21.4. The molecule has 0 bridgehead atoms. The first-order chi connectivity index (χ1) is 12.2. The van der Waals surface area contributed by atoms with Crippen LogP contribution in [0.1, 0.15) is 31.2 Å². The van der Waals surface area contributed by atoms with E-state index in [0.717, 1.165) is 45.3 Å². The van der Waals surface area contributed by atoms with Crippen LogP contribution in [0.3, 0.4) is 0 Å². The number of hydrogen-bond donors (Lipinski definition) is 1. The number of aliphatic hydroxyl groups excluding tert-OH is 1. The maximum Gasteiger partial charge on any atom is 0.225 e. The second kappa shape index (κ2) is 8.63. The summed E-state index contributed by atoms with van der Waals surface area (Å²) in [7, 11) is 0. The van der Waals surface area contributed by atoms with Crippen LogP contribution in [-0.2, 0) is 9.53 Å². The summed E-state index contributed by atoms with van der Waals surface area (Å²) in [5.41, 5.74) is 2.42. The molecule has 1 atom stereocenters. The Balaban J connectivity index is 1.52. The van der Waals surface area contributed by atoms with Crippen LogP contribution in [0, 0.1) is 12.8 Å². The standard InChI is InChI=1S/C19H29N3O3/c1-15-13-20-7-4-18(15)21-9-5-16(6-10-21)19(24)22-8-2-3-17(14-22)25-12-11-23/h4,7,13,16-17,23H,2-3,5-6,8-12,14H2,1H3. The molecule has 138 valence electrons. The van der Waals surface area contributed by atoms with Gasteiger partial charge in [-0.1, -0.05) is 0 Å². The Hall–Kier alpha value is -1.66. The number of nitrogens with zero attached hydrogens (tertiary/aromatic N) is 3. The fourth-order valence-corrected chi connectivity index (χ4v) is 3.94. The number of ether oxygens (including phenoxy) is 1. The average molecular weight is 347 g/mol. The van der Waals surface area contributed by atoms with E-state index in [1.165, 1.54) is 11.3 Å². The van der Waals surface area contributed by atoms with Gasteiger partial charge < -0.3 is 19.6 Å². The molecular weight excluding hydrogens is 318 g/mol. The molecule has 6 heteroatoms. The number of hydrogen-bond acceptors (Lipinski definition) is 5. The van der Waals surface area contributed by atoms with Gasteiger partial charge in [-0.15, -0.1) is 0 Å². The van der Waals surface area contributed by atoms with E-state index in [2.05, 4.69) is 22.9 Å². The van der Waals surface area contributed by atoms with Crippen LogP contribution in [0.2, 0.25) is 0 Å². The minimum atomic E-state index is 0.0390. The monoisotopic (exact) mass is 347 g/mol. The van der Waals surface area contributed by atoms with E-state index >= 15 is 0 Å². The Morgan fingerprint density at radius 2 is 2.12 bits per heavy atom. The van der Waals surface area contributed by atoms with Crippen molar-refractivity contribution in [3.8, 4) is 0 Å². The molecule has 2 saturated heterocycles. The van der Waals surface area contributed by atoms with E-state index in [1.54, 1.807) is 0 Å². The van der Waals surface area contributed by atoms with E-state index in [0.29, 0.717) is 13.2 Å². The molecule has 2 aliphatic heterocycles. The number of amides is 1. The van der Waals surface area contributed by atoms with E-state index in [4.69, 9.17) is 9.84 Å². The van der Waals surface area contributed by atoms with Crippen molar-refractivity contribution < 1.29 is 14.6 Å². The molecule has 25 heavy (non-hydrogen) atoms. The Morgan fingerprint density at radius 3 is 2.84 bits per heavy atom. The smallest absolute Gasteiger partial charge is 0.225 e. The minimum Gasteiger partial charge on any atom is -0.394 e. The lowest BCUT2D eigenvalue weighted by Crippen LogP contribution is -2.48. The third-order valence-corrected chi connectivity index (χ3v) is 5.31. The Morgan fingerprint density at radius 1 is 1.32 bits per heavy atom. The Bertz CT molecular complexity index is 573. The van der Waals surface area contributed by atoms with Gasteiger partial charge in [-0.25, -0.2) is 0 Å². The lowest BCUT2D eigenvalue weighted by Gasteiger charge is -2.38. The van der Waals surface area contributed by atoms with Crippen LogP contribution in [0.15, 0.2) is 18.5 Å². The van der Waals surface area contributed by atoms with Crippen LogP contribution in [0.25, 0.3) is 0 Å². The molecule has 0 saturated carbocycles. The molecule has 2 fully saturated rings. The van der Waals surface area contributed by atoms with Gasteiger partial charge in [0.1, 0.15) is 0 Å². The SMILES string of the molecule is Cc1cnccc1N1CCC(C(=O)N2CCCC(OCCO)C2)CC1. The first-order valence-corrected chi connectivity index (χ1v) is 9.36. The van der Waals surface area contributed by atoms with E-state index in [-0.39, 0.29) is 24.5 Å². The van der Waals surface area contributed by atoms with Crippen molar-refractivity contribution in [1.82, 2.24) is 9.88 Å². The Labute approximate surface area is 149 Å². The summed E-state index contributed by atoms with van der Waals surface area (Å²) in [6.45, 7) is 5.82. The van der Waals surface area contributed by atoms with Gasteiger partial charge in [0.15, 0.2) is 0 Å². The van der Waals surface area contributed by atoms with Crippen LogP contribution in [0.4, 0.5) is 5.69 Å². The number of aryl methyl sites for hydroxylation is 1. The molecule has 3 rings (SSSR count). The number of carbonyl (C=O) groups excluding carboxylic acids is 1. The van der Waals surface area contributed by atoms with E-state index in [1.807, 2.05) is 17.3 Å². The summed E-state index contributed by atoms with van der Waals surface area (Å²) in [6.07, 6.45) is 7.57. The fraction of sp³-hybridized carbons (Fsp3) is 0.684. The normalized spacial score (nSPS) is 22.2. The molecule has 0 aromatic carbocycles. The molecule has 0 radical (unpaired) electrons. The summed E-state index contributed by atoms with van der Waals surface area (Å²) in [5.74, 6) is 0.401. The highest BCUT2D eigenvalue weighted by molar-refractivity contribution is 5.79. The number of aliphatic hydroxyl groups is 1. The molecule has 1 aromatic rings. The van der Waals surface area contributed by atoms with Crippen molar-refractivity contribution in [3.05, 3.63) is 24.0 Å². The van der Waals surface area contributed by atoms with Gasteiger partial charge in [0.05, 0.1) is 19.3 Å². The fourth-order valence-electron chi connectivity index (χ4n) is 3.94. The van der Waals surface area contributed by atoms with Crippen molar-refractivity contribution >= 4 is 11.6 Å². The van der Waals surface area contributed by atoms with Gasteiger partial charge in [0, 0.05) is 50.2 Å². The highest BCUT2D eigenvalue weighted by Gasteiger charge is 2.31. The van der Waals surface area contributed by atoms with Crippen molar-refractivity contribution in [2.75, 3.05) is 44.3 Å². The first-order valence-electron chi connectivity index (χ1n) is 9.36. The molecule has 2 aliphatic rings. The van der Waals surface area contributed by atoms with Gasteiger partial charge in [0.25, 0.3) is 0 Å². The zero-order valence-corrected chi connectivity index (χ0v) is 15.1. The largest absolute Gasteiger partial charge is 0.394 e. The number of piperidine rings is 2. The van der Waals surface area contributed by atoms with Crippen molar-refractivity contribution in [1.29, 1.82) is 0 Å². The molecule has 1 amide bonds. The highest BCUT2D eigenvalue weighted by Crippen LogP contribution is 2.27. The van der Waals surface area contributed by atoms with Gasteiger partial charge in [-0.2, -0.15) is 0 Å². The zero-order chi connectivity index (χ0) is 17.6. The predicted molar refractivity (Wildman–Crippen MR) is 96.6 cm³/mol. The third-order valence-electron chi connectivity index (χ3n) is 5.31. The summed E-state index contributed by atoms with van der Waals surface area (Å²) < 4.78 is 5.63. The van der Waals surface area contributed by atoms with E-state index in [9.17, 15) is 4.79 Å². The summed E-state index contributed by atoms with van der Waals surface area (Å²) >= 11 is 0. The number of rotatable bonds is 5. The van der Waals surface area contributed by atoms with Crippen LogP contribution >= 0.6 is 0 Å². The number of pyridine rings is 1. The molecule has 1 unspecified atom stereocenters. The molecule has 3 heterocycles. The van der Waals surface area contributed by atoms with Crippen molar-refractivity contribution in [2.45, 2.75) is 38.7 Å². The zero-order valence-electron chi connectivity index (χ0n) is 15.1. The number of anilines is 1. The molecule has 6 nitrogen and oxygen atoms in total. The minimum absolute atomic E-state index is 0.0390. The van der Waals surface area contributed by atoms with Crippen molar-refractivity contribution in [2.24, 2.45) is 5.92 Å². The van der Waals surface area contributed by atoms with Crippen molar-refractivity contribution in [3.63, 3.8) is 0 Å². The second-order valence-corrected chi connectivity index (χ2v) is 7.07. The first kappa shape index (κ1) is 18.1. The highest BCUT2D eigenvalue weighted by atomic mass is 16.5. The summed E-state index contributed by atoms with van der Waals surface area (Å²) in [5, 5.41) is 8.90. The molecular formula is C19H29N3O3. The van der Waals surface area contributed by atoms with Gasteiger partial charge in [-0.05, 0) is 44.2 Å². The Kier molecular flexibility index (Phi) is 6.26. The number of carbonyl (C=O) groups is 1. The summed E-state index contributed by atoms with van der Waals surface area (Å²) in [6, 6.07) is 2.06. The molecule has 0 aliphatic carbocycles. The number of aromatic nitrogens is 1. The average Bonchev–Trinajstić information content (AvgIpc) is 2.66. The van der Waals surface area contributed by atoms with Gasteiger partial charge >= 0.3 is 0 Å². The lowest BCUT2D eigenvalue weighted by atomic mass is 9.93. The maximum atomic E-state index is 12.9. The number of likely N-dealkylation sites (tertiary alicyclic amines) is 1. The maximum absolute atomic E-state index is 12.9. The van der Waals surface area contributed by atoms with Crippen LogP contribution in [0.5, 0.6) is 0 Å². The molecule has 0 spiro atoms. The van der Waals surface area contributed by atoms with E-state index < -0.39 is 0 Å². The van der Waals surface area contributed by atoms with Gasteiger partial charge in [0.2, 0.25) is 5.91 Å². The molecule has 1 N–H and O–H groups in total. The van der Waals surface area contributed by atoms with Crippen LogP contribution in [-0.4, -0.2) is 66.4 Å². The molecule has 1 aromatic heterocycles.